The molecule has 34 heavy (non-hydrogen) atoms. The van der Waals surface area contributed by atoms with Crippen LogP contribution in [0.3, 0.4) is 0 Å². The lowest BCUT2D eigenvalue weighted by Gasteiger charge is -2.17. The third-order valence-corrected chi connectivity index (χ3v) is 4.41. The number of rotatable bonds is 13. The first-order valence-corrected chi connectivity index (χ1v) is 10.9. The molecule has 0 aromatic heterocycles. The fourth-order valence-corrected chi connectivity index (χ4v) is 2.92. The predicted octanol–water partition coefficient (Wildman–Crippen LogP) is 2.78. The summed E-state index contributed by atoms with van der Waals surface area (Å²) in [5.74, 6) is 1.42. The molecule has 0 aliphatic carbocycles. The lowest BCUT2D eigenvalue weighted by atomic mass is 10.1. The van der Waals surface area contributed by atoms with Crippen molar-refractivity contribution in [2.75, 3.05) is 40.6 Å². The summed E-state index contributed by atoms with van der Waals surface area (Å²) < 4.78 is 27.3. The molecule has 0 saturated heterocycles. The number of amides is 2. The van der Waals surface area contributed by atoms with Gasteiger partial charge in [0.05, 0.1) is 46.8 Å². The van der Waals surface area contributed by atoms with Gasteiger partial charge in [0.25, 0.3) is 11.8 Å². The van der Waals surface area contributed by atoms with E-state index in [0.29, 0.717) is 54.1 Å². The summed E-state index contributed by atoms with van der Waals surface area (Å²) in [6, 6.07) is 8.30. The Kier molecular flexibility index (Phi) is 10.5. The number of carbonyl (C=O) groups is 2. The van der Waals surface area contributed by atoms with Gasteiger partial charge in [-0.2, -0.15) is 5.10 Å². The van der Waals surface area contributed by atoms with Crippen molar-refractivity contribution in [1.82, 2.24) is 10.7 Å². The van der Waals surface area contributed by atoms with Crippen LogP contribution in [0.15, 0.2) is 35.4 Å². The van der Waals surface area contributed by atoms with Crippen LogP contribution in [0.5, 0.6) is 28.7 Å². The van der Waals surface area contributed by atoms with E-state index in [0.717, 1.165) is 0 Å². The summed E-state index contributed by atoms with van der Waals surface area (Å²) in [7, 11) is 3.08. The zero-order valence-electron chi connectivity index (χ0n) is 20.1. The van der Waals surface area contributed by atoms with Gasteiger partial charge < -0.3 is 29.0 Å². The van der Waals surface area contributed by atoms with Crippen LogP contribution in [-0.2, 0) is 4.79 Å². The van der Waals surface area contributed by atoms with Crippen molar-refractivity contribution in [3.8, 4) is 28.7 Å². The number of nitrogens with one attached hydrogen (secondary N) is 2. The van der Waals surface area contributed by atoms with Crippen molar-refractivity contribution in [2.24, 2.45) is 5.10 Å². The Hall–Kier alpha value is -3.95. The van der Waals surface area contributed by atoms with E-state index in [4.69, 9.17) is 23.7 Å². The molecular formula is C24H31N3O7. The molecule has 0 saturated carbocycles. The second-order valence-electron chi connectivity index (χ2n) is 6.68. The summed E-state index contributed by atoms with van der Waals surface area (Å²) >= 11 is 0. The summed E-state index contributed by atoms with van der Waals surface area (Å²) in [5.41, 5.74) is 3.29. The number of methoxy groups -OCH3 is 2. The van der Waals surface area contributed by atoms with Crippen LogP contribution in [0.2, 0.25) is 0 Å². The van der Waals surface area contributed by atoms with Gasteiger partial charge in [-0.1, -0.05) is 0 Å². The molecule has 10 heteroatoms. The third kappa shape index (κ3) is 7.29. The number of ether oxygens (including phenoxy) is 5. The fraction of sp³-hybridized carbons (Fsp3) is 0.375. The highest BCUT2D eigenvalue weighted by Gasteiger charge is 2.18. The van der Waals surface area contributed by atoms with Gasteiger partial charge in [-0.3, -0.25) is 9.59 Å². The molecule has 2 amide bonds. The summed E-state index contributed by atoms with van der Waals surface area (Å²) in [6.45, 7) is 6.40. The van der Waals surface area contributed by atoms with Crippen molar-refractivity contribution in [3.05, 3.63) is 41.5 Å². The highest BCUT2D eigenvalue weighted by Crippen LogP contribution is 2.39. The van der Waals surface area contributed by atoms with Gasteiger partial charge in [-0.15, -0.1) is 0 Å². The summed E-state index contributed by atoms with van der Waals surface area (Å²) in [6.07, 6.45) is 1.44. The van der Waals surface area contributed by atoms with Crippen molar-refractivity contribution in [3.63, 3.8) is 0 Å². The normalized spacial score (nSPS) is 10.5. The van der Waals surface area contributed by atoms with E-state index in [1.54, 1.807) is 37.4 Å². The van der Waals surface area contributed by atoms with Crippen LogP contribution in [0.4, 0.5) is 0 Å². The minimum absolute atomic E-state index is 0.273. The molecule has 2 N–H and O–H groups in total. The van der Waals surface area contributed by atoms with E-state index in [1.165, 1.54) is 13.3 Å². The zero-order chi connectivity index (χ0) is 24.9. The van der Waals surface area contributed by atoms with Crippen LogP contribution in [-0.4, -0.2) is 58.6 Å². The van der Waals surface area contributed by atoms with Gasteiger partial charge in [-0.25, -0.2) is 5.43 Å². The third-order valence-electron chi connectivity index (χ3n) is 4.41. The van der Waals surface area contributed by atoms with Crippen LogP contribution in [0.25, 0.3) is 0 Å². The molecule has 10 nitrogen and oxygen atoms in total. The lowest BCUT2D eigenvalue weighted by Crippen LogP contribution is -2.35. The van der Waals surface area contributed by atoms with E-state index >= 15 is 0 Å². The molecule has 0 fully saturated rings. The Morgan fingerprint density at radius 3 is 2.09 bits per heavy atom. The molecule has 2 aromatic carbocycles. The Morgan fingerprint density at radius 2 is 1.53 bits per heavy atom. The van der Waals surface area contributed by atoms with Crippen molar-refractivity contribution in [2.45, 2.75) is 20.8 Å². The molecule has 0 aliphatic heterocycles. The van der Waals surface area contributed by atoms with Crippen LogP contribution < -0.4 is 34.4 Å². The van der Waals surface area contributed by atoms with E-state index < -0.39 is 11.8 Å². The molecule has 0 unspecified atom stereocenters. The number of hydrogen-bond donors (Lipinski definition) is 2. The van der Waals surface area contributed by atoms with Gasteiger partial charge in [0.15, 0.2) is 11.5 Å². The molecule has 184 valence electrons. The van der Waals surface area contributed by atoms with Crippen molar-refractivity contribution in [1.29, 1.82) is 0 Å². The first-order valence-electron chi connectivity index (χ1n) is 10.9. The average molecular weight is 474 g/mol. The van der Waals surface area contributed by atoms with Gasteiger partial charge in [0, 0.05) is 17.2 Å². The maximum absolute atomic E-state index is 12.7. The topological polar surface area (TPSA) is 117 Å². The quantitative estimate of drug-likeness (QED) is 0.339. The molecule has 0 atom stereocenters. The van der Waals surface area contributed by atoms with Crippen molar-refractivity contribution < 1.29 is 33.3 Å². The Balaban J connectivity index is 2.03. The monoisotopic (exact) mass is 473 g/mol. The first kappa shape index (κ1) is 26.3. The van der Waals surface area contributed by atoms with Gasteiger partial charge >= 0.3 is 0 Å². The van der Waals surface area contributed by atoms with E-state index in [-0.39, 0.29) is 12.1 Å². The largest absolute Gasteiger partial charge is 0.497 e. The zero-order valence-corrected chi connectivity index (χ0v) is 20.1. The molecule has 0 bridgehead atoms. The first-order chi connectivity index (χ1) is 16.5. The predicted molar refractivity (Wildman–Crippen MR) is 128 cm³/mol. The highest BCUT2D eigenvalue weighted by atomic mass is 16.5. The standard InChI is InChI=1S/C24H31N3O7/c1-6-32-20-11-17(12-21(33-7-2)23(20)34-8-3)24(29)25-15-22(28)27-26-14-16-9-10-18(30-4)13-19(16)31-5/h9-14H,6-8,15H2,1-5H3,(H,25,29)(H,27,28)/b26-14+. The van der Waals surface area contributed by atoms with E-state index in [2.05, 4.69) is 15.8 Å². The molecule has 0 aliphatic rings. The lowest BCUT2D eigenvalue weighted by molar-refractivity contribution is -0.120. The highest BCUT2D eigenvalue weighted by molar-refractivity contribution is 5.97. The summed E-state index contributed by atoms with van der Waals surface area (Å²) in [5, 5.41) is 6.47. The van der Waals surface area contributed by atoms with Gasteiger partial charge in [0.1, 0.15) is 11.5 Å². The molecular weight excluding hydrogens is 442 g/mol. The number of nitrogens with zero attached hydrogens (tertiary/aromatic N) is 1. The Labute approximate surface area is 199 Å². The Bertz CT molecular complexity index is 981. The number of benzene rings is 2. The second-order valence-corrected chi connectivity index (χ2v) is 6.68. The maximum atomic E-state index is 12.7. The molecule has 0 spiro atoms. The van der Waals surface area contributed by atoms with Crippen LogP contribution in [0.1, 0.15) is 36.7 Å². The van der Waals surface area contributed by atoms with Gasteiger partial charge in [-0.05, 0) is 45.0 Å². The van der Waals surface area contributed by atoms with Crippen LogP contribution >= 0.6 is 0 Å². The fourth-order valence-electron chi connectivity index (χ4n) is 2.92. The molecule has 0 radical (unpaired) electrons. The summed E-state index contributed by atoms with van der Waals surface area (Å²) in [4.78, 5) is 24.8. The number of hydrogen-bond acceptors (Lipinski definition) is 8. The van der Waals surface area contributed by atoms with E-state index in [9.17, 15) is 9.59 Å². The average Bonchev–Trinajstić information content (AvgIpc) is 2.84. The SMILES string of the molecule is CCOc1cc(C(=O)NCC(=O)N/N=C/c2ccc(OC)cc2OC)cc(OCC)c1OCC. The second kappa shape index (κ2) is 13.6. The number of hydrazone groups is 1. The van der Waals surface area contributed by atoms with Crippen molar-refractivity contribution >= 4 is 18.0 Å². The molecule has 0 heterocycles. The minimum atomic E-state index is -0.502. The minimum Gasteiger partial charge on any atom is -0.497 e. The van der Waals surface area contributed by atoms with Gasteiger partial charge in [0.2, 0.25) is 5.75 Å². The van der Waals surface area contributed by atoms with Crippen LogP contribution in [0, 0.1) is 0 Å². The maximum Gasteiger partial charge on any atom is 0.259 e. The molecule has 2 rings (SSSR count). The number of carbonyl (C=O) groups excluding carboxylic acids is 2. The smallest absolute Gasteiger partial charge is 0.259 e. The Morgan fingerprint density at radius 1 is 0.882 bits per heavy atom. The van der Waals surface area contributed by atoms with E-state index in [1.807, 2.05) is 20.8 Å². The molecule has 2 aromatic rings.